The fourth-order valence-electron chi connectivity index (χ4n) is 1.61. The van der Waals surface area contributed by atoms with Crippen LogP contribution in [0.15, 0.2) is 42.5 Å². The molecule has 0 fully saturated rings. The number of carbonyl (C=O) groups excluding carboxylic acids is 2. The number of Topliss-reactive ketones (excluding diaryl/α,β-unsaturated/α-hetero) is 1. The molecule has 0 N–H and O–H groups in total. The van der Waals surface area contributed by atoms with Crippen LogP contribution < -0.4 is 4.74 Å². The van der Waals surface area contributed by atoms with E-state index in [1.165, 1.54) is 11.3 Å². The Bertz CT molecular complexity index is 572. The first kappa shape index (κ1) is 13.5. The first-order chi connectivity index (χ1) is 9.19. The molecule has 1 heterocycles. The summed E-state index contributed by atoms with van der Waals surface area (Å²) < 4.78 is 5.22. The van der Waals surface area contributed by atoms with Crippen LogP contribution in [0.1, 0.15) is 28.6 Å². The van der Waals surface area contributed by atoms with Crippen molar-refractivity contribution in [3.05, 3.63) is 52.9 Å². The Kier molecular flexibility index (Phi) is 4.47. The summed E-state index contributed by atoms with van der Waals surface area (Å²) in [5, 5.41) is 0.470. The van der Waals surface area contributed by atoms with Gasteiger partial charge < -0.3 is 4.74 Å². The van der Waals surface area contributed by atoms with Crippen LogP contribution in [-0.4, -0.2) is 11.8 Å². The molecule has 0 aliphatic carbocycles. The molecular weight excluding hydrogens is 260 g/mol. The molecular formula is C15H14O3S. The number of rotatable bonds is 5. The van der Waals surface area contributed by atoms with Crippen molar-refractivity contribution >= 4 is 23.1 Å². The normalized spacial score (nSPS) is 10.2. The SMILES string of the molecule is CCC(=O)c1ccc(OC(=O)Cc2ccccc2)s1. The average Bonchev–Trinajstić information content (AvgIpc) is 2.87. The highest BCUT2D eigenvalue weighted by Crippen LogP contribution is 2.25. The molecule has 0 spiro atoms. The number of hydrogen-bond donors (Lipinski definition) is 0. The van der Waals surface area contributed by atoms with Crippen LogP contribution in [0.2, 0.25) is 0 Å². The molecule has 0 bridgehead atoms. The van der Waals surface area contributed by atoms with Crippen LogP contribution in [0.5, 0.6) is 5.06 Å². The largest absolute Gasteiger partial charge is 0.415 e. The minimum atomic E-state index is -0.316. The molecule has 1 aromatic carbocycles. The minimum absolute atomic E-state index is 0.0651. The predicted molar refractivity (Wildman–Crippen MR) is 74.7 cm³/mol. The van der Waals surface area contributed by atoms with Crippen LogP contribution in [0.4, 0.5) is 0 Å². The van der Waals surface area contributed by atoms with Gasteiger partial charge in [-0.1, -0.05) is 48.6 Å². The molecule has 0 unspecified atom stereocenters. The van der Waals surface area contributed by atoms with Crippen molar-refractivity contribution in [2.24, 2.45) is 0 Å². The summed E-state index contributed by atoms with van der Waals surface area (Å²) in [7, 11) is 0. The summed E-state index contributed by atoms with van der Waals surface area (Å²) in [5.74, 6) is -0.251. The highest BCUT2D eigenvalue weighted by Gasteiger charge is 2.11. The maximum absolute atomic E-state index is 11.7. The van der Waals surface area contributed by atoms with Crippen molar-refractivity contribution in [2.45, 2.75) is 19.8 Å². The molecule has 0 atom stereocenters. The number of esters is 1. The zero-order valence-corrected chi connectivity index (χ0v) is 11.4. The molecule has 0 saturated heterocycles. The van der Waals surface area contributed by atoms with Crippen LogP contribution in [-0.2, 0) is 11.2 Å². The van der Waals surface area contributed by atoms with Crippen molar-refractivity contribution in [2.75, 3.05) is 0 Å². The molecule has 2 aromatic rings. The van der Waals surface area contributed by atoms with E-state index < -0.39 is 0 Å². The Labute approximate surface area is 115 Å². The summed E-state index contributed by atoms with van der Waals surface area (Å²) in [6, 6.07) is 12.8. The monoisotopic (exact) mass is 274 g/mol. The fourth-order valence-corrected chi connectivity index (χ4v) is 2.49. The molecule has 3 nitrogen and oxygen atoms in total. The lowest BCUT2D eigenvalue weighted by Crippen LogP contribution is -2.10. The standard InChI is InChI=1S/C15H14O3S/c1-2-12(16)13-8-9-15(19-13)18-14(17)10-11-6-4-3-5-7-11/h3-9H,2,10H2,1H3. The highest BCUT2D eigenvalue weighted by molar-refractivity contribution is 7.15. The topological polar surface area (TPSA) is 43.4 Å². The Morgan fingerprint density at radius 2 is 1.84 bits per heavy atom. The summed E-state index contributed by atoms with van der Waals surface area (Å²) in [4.78, 5) is 23.8. The number of ether oxygens (including phenoxy) is 1. The van der Waals surface area contributed by atoms with E-state index in [0.29, 0.717) is 16.4 Å². The summed E-state index contributed by atoms with van der Waals surface area (Å²) in [5.41, 5.74) is 0.911. The lowest BCUT2D eigenvalue weighted by molar-refractivity contribution is -0.133. The molecule has 0 aliphatic rings. The van der Waals surface area contributed by atoms with E-state index in [9.17, 15) is 9.59 Å². The number of carbonyl (C=O) groups is 2. The molecule has 98 valence electrons. The number of ketones is 1. The number of hydrogen-bond acceptors (Lipinski definition) is 4. The second-order valence-electron chi connectivity index (χ2n) is 4.03. The molecule has 0 amide bonds. The third kappa shape index (κ3) is 3.76. The van der Waals surface area contributed by atoms with E-state index in [1.54, 1.807) is 12.1 Å². The Morgan fingerprint density at radius 3 is 2.53 bits per heavy atom. The maximum atomic E-state index is 11.7. The van der Waals surface area contributed by atoms with E-state index in [4.69, 9.17) is 4.74 Å². The lowest BCUT2D eigenvalue weighted by Gasteiger charge is -2.01. The second kappa shape index (κ2) is 6.29. The van der Waals surface area contributed by atoms with Gasteiger partial charge in [-0.25, -0.2) is 0 Å². The number of thiophene rings is 1. The Balaban J connectivity index is 1.96. The minimum Gasteiger partial charge on any atom is -0.415 e. The zero-order chi connectivity index (χ0) is 13.7. The van der Waals surface area contributed by atoms with Crippen LogP contribution in [0.25, 0.3) is 0 Å². The molecule has 1 aromatic heterocycles. The van der Waals surface area contributed by atoms with E-state index in [1.807, 2.05) is 37.3 Å². The van der Waals surface area contributed by atoms with Gasteiger partial charge in [-0.3, -0.25) is 9.59 Å². The van der Waals surface area contributed by atoms with Crippen molar-refractivity contribution < 1.29 is 14.3 Å². The predicted octanol–water partition coefficient (Wildman–Crippen LogP) is 3.49. The average molecular weight is 274 g/mol. The van der Waals surface area contributed by atoms with Gasteiger partial charge in [0.25, 0.3) is 0 Å². The maximum Gasteiger partial charge on any atom is 0.316 e. The van der Waals surface area contributed by atoms with Crippen molar-refractivity contribution in [1.82, 2.24) is 0 Å². The van der Waals surface area contributed by atoms with Crippen molar-refractivity contribution in [3.8, 4) is 5.06 Å². The quantitative estimate of drug-likeness (QED) is 0.619. The van der Waals surface area contributed by atoms with Gasteiger partial charge >= 0.3 is 5.97 Å². The van der Waals surface area contributed by atoms with Crippen molar-refractivity contribution in [3.63, 3.8) is 0 Å². The van der Waals surface area contributed by atoms with Gasteiger partial charge in [-0.05, 0) is 17.7 Å². The van der Waals surface area contributed by atoms with Gasteiger partial charge in [-0.15, -0.1) is 0 Å². The number of benzene rings is 1. The van der Waals surface area contributed by atoms with Crippen LogP contribution in [0.3, 0.4) is 0 Å². The van der Waals surface area contributed by atoms with E-state index in [2.05, 4.69) is 0 Å². The molecule has 19 heavy (non-hydrogen) atoms. The molecule has 2 rings (SSSR count). The van der Waals surface area contributed by atoms with Gasteiger partial charge in [0.2, 0.25) is 0 Å². The summed E-state index contributed by atoms with van der Waals surface area (Å²) >= 11 is 1.21. The summed E-state index contributed by atoms with van der Waals surface area (Å²) in [6.07, 6.45) is 0.688. The Hall–Kier alpha value is -1.94. The fraction of sp³-hybridized carbons (Fsp3) is 0.200. The van der Waals surface area contributed by atoms with Gasteiger partial charge in [0, 0.05) is 6.42 Å². The van der Waals surface area contributed by atoms with E-state index in [-0.39, 0.29) is 18.2 Å². The van der Waals surface area contributed by atoms with Crippen LogP contribution >= 0.6 is 11.3 Å². The Morgan fingerprint density at radius 1 is 1.11 bits per heavy atom. The first-order valence-corrected chi connectivity index (χ1v) is 6.88. The van der Waals surface area contributed by atoms with Gasteiger partial charge in [0.05, 0.1) is 11.3 Å². The van der Waals surface area contributed by atoms with E-state index >= 15 is 0 Å². The highest BCUT2D eigenvalue weighted by atomic mass is 32.1. The van der Waals surface area contributed by atoms with Crippen molar-refractivity contribution in [1.29, 1.82) is 0 Å². The second-order valence-corrected chi connectivity index (χ2v) is 5.08. The smallest absolute Gasteiger partial charge is 0.316 e. The summed E-state index contributed by atoms with van der Waals surface area (Å²) in [6.45, 7) is 1.81. The van der Waals surface area contributed by atoms with Crippen LogP contribution in [0, 0.1) is 0 Å². The van der Waals surface area contributed by atoms with Gasteiger partial charge in [0.15, 0.2) is 10.8 Å². The lowest BCUT2D eigenvalue weighted by atomic mass is 10.2. The molecule has 4 heteroatoms. The molecule has 0 saturated carbocycles. The first-order valence-electron chi connectivity index (χ1n) is 6.06. The third-order valence-corrected chi connectivity index (χ3v) is 3.59. The van der Waals surface area contributed by atoms with Gasteiger partial charge in [-0.2, -0.15) is 0 Å². The van der Waals surface area contributed by atoms with Gasteiger partial charge in [0.1, 0.15) is 0 Å². The molecule has 0 radical (unpaired) electrons. The van der Waals surface area contributed by atoms with E-state index in [0.717, 1.165) is 5.56 Å². The third-order valence-electron chi connectivity index (χ3n) is 2.58. The molecule has 0 aliphatic heterocycles. The zero-order valence-electron chi connectivity index (χ0n) is 10.6.